The van der Waals surface area contributed by atoms with Gasteiger partial charge >= 0.3 is 0 Å². The third-order valence-corrected chi connectivity index (χ3v) is 4.02. The zero-order chi connectivity index (χ0) is 14.5. The molecular formula is C16H24N2O2. The van der Waals surface area contributed by atoms with Gasteiger partial charge in [0.15, 0.2) is 0 Å². The van der Waals surface area contributed by atoms with Crippen molar-refractivity contribution >= 4 is 5.91 Å². The zero-order valence-corrected chi connectivity index (χ0v) is 12.3. The molecule has 4 nitrogen and oxygen atoms in total. The number of rotatable bonds is 4. The molecule has 1 aromatic carbocycles. The Hall–Kier alpha value is -1.55. The van der Waals surface area contributed by atoms with Gasteiger partial charge in [0.2, 0.25) is 5.91 Å². The van der Waals surface area contributed by atoms with Crippen LogP contribution in [0, 0.1) is 12.8 Å². The van der Waals surface area contributed by atoms with E-state index in [9.17, 15) is 4.79 Å². The smallest absolute Gasteiger partial charge is 0.223 e. The van der Waals surface area contributed by atoms with Crippen LogP contribution < -0.4 is 15.8 Å². The monoisotopic (exact) mass is 276 g/mol. The van der Waals surface area contributed by atoms with Gasteiger partial charge in [0.25, 0.3) is 0 Å². The quantitative estimate of drug-likeness (QED) is 0.885. The maximum absolute atomic E-state index is 12.1. The highest BCUT2D eigenvalue weighted by molar-refractivity contribution is 5.78. The Bertz CT molecular complexity index is 474. The Kier molecular flexibility index (Phi) is 5.01. The number of nitrogens with one attached hydrogen (secondary N) is 1. The first-order valence-corrected chi connectivity index (χ1v) is 7.27. The summed E-state index contributed by atoms with van der Waals surface area (Å²) < 4.78 is 5.29. The highest BCUT2D eigenvalue weighted by atomic mass is 16.5. The van der Waals surface area contributed by atoms with Crippen LogP contribution in [0.4, 0.5) is 0 Å². The van der Waals surface area contributed by atoms with E-state index in [1.165, 1.54) is 0 Å². The van der Waals surface area contributed by atoms with E-state index in [1.54, 1.807) is 7.11 Å². The predicted octanol–water partition coefficient (Wildman–Crippen LogP) is 2.14. The first kappa shape index (κ1) is 14.9. The minimum atomic E-state index is 0.0751. The van der Waals surface area contributed by atoms with E-state index in [1.807, 2.05) is 25.1 Å². The van der Waals surface area contributed by atoms with E-state index in [0.29, 0.717) is 6.54 Å². The second kappa shape index (κ2) is 6.75. The number of carbonyl (C=O) groups is 1. The van der Waals surface area contributed by atoms with Crippen LogP contribution in [-0.2, 0) is 11.3 Å². The average Bonchev–Trinajstić information content (AvgIpc) is 2.46. The SMILES string of the molecule is COc1cc(CNC(=O)C2CCCC(N)C2)ccc1C. The minimum Gasteiger partial charge on any atom is -0.496 e. The fourth-order valence-corrected chi connectivity index (χ4v) is 2.77. The van der Waals surface area contributed by atoms with Crippen LogP contribution >= 0.6 is 0 Å². The van der Waals surface area contributed by atoms with Crippen LogP contribution in [0.1, 0.15) is 36.8 Å². The van der Waals surface area contributed by atoms with Gasteiger partial charge in [0.1, 0.15) is 5.75 Å². The normalized spacial score (nSPS) is 22.4. The van der Waals surface area contributed by atoms with Gasteiger partial charge in [-0.1, -0.05) is 18.6 Å². The lowest BCUT2D eigenvalue weighted by Gasteiger charge is -2.25. The molecule has 1 aliphatic rings. The van der Waals surface area contributed by atoms with Crippen molar-refractivity contribution in [3.63, 3.8) is 0 Å². The summed E-state index contributed by atoms with van der Waals surface area (Å²) in [7, 11) is 1.66. The van der Waals surface area contributed by atoms with Crippen molar-refractivity contribution in [2.75, 3.05) is 7.11 Å². The van der Waals surface area contributed by atoms with Crippen LogP contribution in [0.15, 0.2) is 18.2 Å². The lowest BCUT2D eigenvalue weighted by atomic mass is 9.85. The molecule has 0 heterocycles. The molecule has 0 radical (unpaired) electrons. The Labute approximate surface area is 120 Å². The molecule has 2 atom stereocenters. The summed E-state index contributed by atoms with van der Waals surface area (Å²) in [6.45, 7) is 2.55. The molecule has 2 unspecified atom stereocenters. The summed E-state index contributed by atoms with van der Waals surface area (Å²) in [4.78, 5) is 12.1. The van der Waals surface area contributed by atoms with Crippen LogP contribution in [0.5, 0.6) is 5.75 Å². The molecule has 0 aliphatic heterocycles. The highest BCUT2D eigenvalue weighted by Gasteiger charge is 2.24. The average molecular weight is 276 g/mol. The fraction of sp³-hybridized carbons (Fsp3) is 0.562. The van der Waals surface area contributed by atoms with Crippen LogP contribution in [0.2, 0.25) is 0 Å². The standard InChI is InChI=1S/C16H24N2O2/c1-11-6-7-12(8-15(11)20-2)10-18-16(19)13-4-3-5-14(17)9-13/h6-8,13-14H,3-5,9-10,17H2,1-2H3,(H,18,19). The van der Waals surface area contributed by atoms with Gasteiger partial charge in [-0.05, 0) is 43.4 Å². The number of aryl methyl sites for hydroxylation is 1. The molecule has 0 aromatic heterocycles. The Morgan fingerprint density at radius 2 is 2.25 bits per heavy atom. The molecule has 1 aromatic rings. The maximum Gasteiger partial charge on any atom is 0.223 e. The van der Waals surface area contributed by atoms with Crippen molar-refractivity contribution in [2.24, 2.45) is 11.7 Å². The molecule has 4 heteroatoms. The second-order valence-corrected chi connectivity index (χ2v) is 5.65. The van der Waals surface area contributed by atoms with E-state index in [2.05, 4.69) is 5.32 Å². The van der Waals surface area contributed by atoms with E-state index >= 15 is 0 Å². The summed E-state index contributed by atoms with van der Waals surface area (Å²) in [5, 5.41) is 3.01. The molecule has 0 bridgehead atoms. The van der Waals surface area contributed by atoms with Crippen LogP contribution in [0.25, 0.3) is 0 Å². The number of hydrogen-bond acceptors (Lipinski definition) is 3. The van der Waals surface area contributed by atoms with Gasteiger partial charge in [-0.2, -0.15) is 0 Å². The molecule has 0 saturated heterocycles. The molecule has 110 valence electrons. The summed E-state index contributed by atoms with van der Waals surface area (Å²) in [6.07, 6.45) is 3.86. The molecule has 20 heavy (non-hydrogen) atoms. The highest BCUT2D eigenvalue weighted by Crippen LogP contribution is 2.23. The molecule has 1 aliphatic carbocycles. The van der Waals surface area contributed by atoms with Crippen molar-refractivity contribution in [3.05, 3.63) is 29.3 Å². The number of ether oxygens (including phenoxy) is 1. The van der Waals surface area contributed by atoms with Crippen molar-refractivity contribution in [1.29, 1.82) is 0 Å². The number of hydrogen-bond donors (Lipinski definition) is 2. The van der Waals surface area contributed by atoms with E-state index < -0.39 is 0 Å². The van der Waals surface area contributed by atoms with Gasteiger partial charge in [-0.3, -0.25) is 4.79 Å². The number of amides is 1. The molecule has 1 fully saturated rings. The summed E-state index contributed by atoms with van der Waals surface area (Å²) in [6, 6.07) is 6.18. The molecule has 1 saturated carbocycles. The number of carbonyl (C=O) groups excluding carboxylic acids is 1. The van der Waals surface area contributed by atoms with Gasteiger partial charge in [0, 0.05) is 18.5 Å². The van der Waals surface area contributed by atoms with Crippen molar-refractivity contribution in [1.82, 2.24) is 5.32 Å². The lowest BCUT2D eigenvalue weighted by Crippen LogP contribution is -2.37. The van der Waals surface area contributed by atoms with Crippen molar-refractivity contribution in [2.45, 2.75) is 45.2 Å². The van der Waals surface area contributed by atoms with E-state index in [-0.39, 0.29) is 17.9 Å². The lowest BCUT2D eigenvalue weighted by molar-refractivity contribution is -0.126. The molecule has 1 amide bonds. The first-order valence-electron chi connectivity index (χ1n) is 7.27. The fourth-order valence-electron chi connectivity index (χ4n) is 2.77. The number of benzene rings is 1. The molecule has 0 spiro atoms. The van der Waals surface area contributed by atoms with Crippen molar-refractivity contribution < 1.29 is 9.53 Å². The van der Waals surface area contributed by atoms with Gasteiger partial charge < -0.3 is 15.8 Å². The maximum atomic E-state index is 12.1. The molecule has 3 N–H and O–H groups in total. The van der Waals surface area contributed by atoms with Gasteiger partial charge in [-0.25, -0.2) is 0 Å². The minimum absolute atomic E-state index is 0.0751. The zero-order valence-electron chi connectivity index (χ0n) is 12.3. The first-order chi connectivity index (χ1) is 9.60. The Morgan fingerprint density at radius 3 is 2.95 bits per heavy atom. The van der Waals surface area contributed by atoms with Crippen LogP contribution in [0.3, 0.4) is 0 Å². The van der Waals surface area contributed by atoms with Gasteiger partial charge in [-0.15, -0.1) is 0 Å². The van der Waals surface area contributed by atoms with Gasteiger partial charge in [0.05, 0.1) is 7.11 Å². The summed E-state index contributed by atoms with van der Waals surface area (Å²) in [5.41, 5.74) is 8.08. The second-order valence-electron chi connectivity index (χ2n) is 5.65. The van der Waals surface area contributed by atoms with E-state index in [4.69, 9.17) is 10.5 Å². The number of nitrogens with two attached hydrogens (primary N) is 1. The van der Waals surface area contributed by atoms with Crippen molar-refractivity contribution in [3.8, 4) is 5.75 Å². The third-order valence-electron chi connectivity index (χ3n) is 4.02. The van der Waals surface area contributed by atoms with E-state index in [0.717, 1.165) is 42.6 Å². The Morgan fingerprint density at radius 1 is 1.45 bits per heavy atom. The predicted molar refractivity (Wildman–Crippen MR) is 79.5 cm³/mol. The molecular weight excluding hydrogens is 252 g/mol. The molecule has 2 rings (SSSR count). The van der Waals surface area contributed by atoms with Crippen LogP contribution in [-0.4, -0.2) is 19.1 Å². The Balaban J connectivity index is 1.89. The summed E-state index contributed by atoms with van der Waals surface area (Å²) >= 11 is 0. The summed E-state index contributed by atoms with van der Waals surface area (Å²) in [5.74, 6) is 1.06. The third kappa shape index (κ3) is 3.73. The number of methoxy groups -OCH3 is 1. The topological polar surface area (TPSA) is 64.3 Å². The largest absolute Gasteiger partial charge is 0.496 e.